The molecule has 194 valence electrons. The molecule has 0 bridgehead atoms. The Morgan fingerprint density at radius 1 is 1.05 bits per heavy atom. The van der Waals surface area contributed by atoms with Crippen molar-refractivity contribution >= 4 is 62.5 Å². The fourth-order valence-electron chi connectivity index (χ4n) is 3.79. The van der Waals surface area contributed by atoms with Gasteiger partial charge in [-0.05, 0) is 91.3 Å². The van der Waals surface area contributed by atoms with Gasteiger partial charge in [0.05, 0.1) is 17.2 Å². The molecule has 1 aliphatic rings. The van der Waals surface area contributed by atoms with E-state index in [1.165, 1.54) is 23.1 Å². The fourth-order valence-corrected chi connectivity index (χ4v) is 4.54. The first kappa shape index (κ1) is 27.0. The fraction of sp³-hybridized carbons (Fsp3) is 0.148. The highest BCUT2D eigenvalue weighted by atomic mass is 79.9. The van der Waals surface area contributed by atoms with Crippen LogP contribution in [0, 0.1) is 17.0 Å². The lowest BCUT2D eigenvalue weighted by Gasteiger charge is -2.30. The number of nitrogens with zero attached hydrogens (tertiary/aromatic N) is 2. The number of hydrogen-bond acceptors (Lipinski definition) is 7. The predicted octanol–water partition coefficient (Wildman–Crippen LogP) is 5.47. The Bertz CT molecular complexity index is 1470. The molecule has 0 unspecified atom stereocenters. The van der Waals surface area contributed by atoms with Gasteiger partial charge in [-0.1, -0.05) is 22.0 Å². The zero-order valence-corrected chi connectivity index (χ0v) is 22.8. The number of rotatable bonds is 8. The number of carbonyl (C=O) groups excluding carboxylic acids is 2. The monoisotopic (exact) mass is 595 g/mol. The molecule has 0 radical (unpaired) electrons. The van der Waals surface area contributed by atoms with Crippen molar-refractivity contribution in [1.82, 2.24) is 5.32 Å². The summed E-state index contributed by atoms with van der Waals surface area (Å²) in [6, 6.07) is 16.5. The van der Waals surface area contributed by atoms with Crippen LogP contribution in [-0.2, 0) is 16.2 Å². The summed E-state index contributed by atoms with van der Waals surface area (Å²) in [5.41, 5.74) is 2.58. The molecule has 2 amide bonds. The molecule has 0 atom stereocenters. The number of benzene rings is 3. The Morgan fingerprint density at radius 3 is 2.45 bits per heavy atom. The Kier molecular flexibility index (Phi) is 8.18. The summed E-state index contributed by atoms with van der Waals surface area (Å²) in [5, 5.41) is 13.5. The first-order valence-corrected chi connectivity index (χ1v) is 12.7. The lowest BCUT2D eigenvalue weighted by atomic mass is 10.1. The van der Waals surface area contributed by atoms with Crippen LogP contribution in [0.3, 0.4) is 0 Å². The third kappa shape index (κ3) is 5.90. The van der Waals surface area contributed by atoms with Crippen LogP contribution in [0.5, 0.6) is 11.5 Å². The highest BCUT2D eigenvalue weighted by Gasteiger charge is 2.35. The number of non-ortho nitro benzene ring substituents is 1. The molecule has 11 heteroatoms. The number of anilines is 1. The number of nitrogens with one attached hydrogen (secondary N) is 1. The van der Waals surface area contributed by atoms with E-state index in [0.29, 0.717) is 29.4 Å². The molecule has 1 aliphatic heterocycles. The van der Waals surface area contributed by atoms with Gasteiger partial charge in [0.25, 0.3) is 17.5 Å². The summed E-state index contributed by atoms with van der Waals surface area (Å²) < 4.78 is 12.5. The lowest BCUT2D eigenvalue weighted by Crippen LogP contribution is -2.54. The number of halogens is 1. The molecule has 9 nitrogen and oxygen atoms in total. The number of aryl methyl sites for hydroxylation is 1. The number of nitro benzene ring substituents is 1. The van der Waals surface area contributed by atoms with Crippen molar-refractivity contribution in [3.63, 3.8) is 0 Å². The molecule has 4 rings (SSSR count). The summed E-state index contributed by atoms with van der Waals surface area (Å²) in [7, 11) is 0. The molecule has 0 spiro atoms. The molecule has 3 aromatic carbocycles. The number of thiocarbonyl (C=S) groups is 1. The summed E-state index contributed by atoms with van der Waals surface area (Å²) in [6.45, 7) is 4.19. The summed E-state index contributed by atoms with van der Waals surface area (Å²) in [4.78, 5) is 37.8. The molecule has 1 fully saturated rings. The topological polar surface area (TPSA) is 111 Å². The van der Waals surface area contributed by atoms with Crippen LogP contribution < -0.4 is 19.7 Å². The second-order valence-electron chi connectivity index (χ2n) is 8.24. The molecular formula is C27H22BrN3O6S. The first-order chi connectivity index (χ1) is 18.2. The number of hydrogen-bond donors (Lipinski definition) is 1. The first-order valence-electron chi connectivity index (χ1n) is 11.5. The van der Waals surface area contributed by atoms with E-state index in [2.05, 4.69) is 21.2 Å². The molecule has 3 aromatic rings. The van der Waals surface area contributed by atoms with Crippen LogP contribution in [0.25, 0.3) is 6.08 Å². The SMILES string of the molecule is CCOc1cc(/C=C2\C(=O)NC(=S)N(c3ccc(Br)cc3C)C2=O)ccc1OCc1ccc([N+](=O)[O-])cc1. The van der Waals surface area contributed by atoms with Crippen LogP contribution in [0.1, 0.15) is 23.6 Å². The van der Waals surface area contributed by atoms with Gasteiger partial charge in [-0.25, -0.2) is 0 Å². The van der Waals surface area contributed by atoms with Crippen molar-refractivity contribution in [1.29, 1.82) is 0 Å². The normalized spacial score (nSPS) is 14.4. The number of ether oxygens (including phenoxy) is 2. The maximum atomic E-state index is 13.4. The molecule has 0 aliphatic carbocycles. The van der Waals surface area contributed by atoms with Crippen LogP contribution in [0.15, 0.2) is 70.7 Å². The van der Waals surface area contributed by atoms with Crippen LogP contribution in [0.4, 0.5) is 11.4 Å². The van der Waals surface area contributed by atoms with Crippen molar-refractivity contribution in [3.8, 4) is 11.5 Å². The average Bonchev–Trinajstić information content (AvgIpc) is 2.87. The van der Waals surface area contributed by atoms with Crippen molar-refractivity contribution in [2.45, 2.75) is 20.5 Å². The van der Waals surface area contributed by atoms with Gasteiger partial charge in [-0.3, -0.25) is 29.9 Å². The molecule has 1 saturated heterocycles. The molecular weight excluding hydrogens is 574 g/mol. The second-order valence-corrected chi connectivity index (χ2v) is 9.54. The maximum Gasteiger partial charge on any atom is 0.270 e. The minimum Gasteiger partial charge on any atom is -0.490 e. The van der Waals surface area contributed by atoms with E-state index in [4.69, 9.17) is 21.7 Å². The van der Waals surface area contributed by atoms with E-state index in [1.54, 1.807) is 42.5 Å². The smallest absolute Gasteiger partial charge is 0.270 e. The molecule has 1 heterocycles. The van der Waals surface area contributed by atoms with Gasteiger partial charge in [-0.2, -0.15) is 0 Å². The van der Waals surface area contributed by atoms with Crippen molar-refractivity contribution in [2.24, 2.45) is 0 Å². The Morgan fingerprint density at radius 2 is 1.79 bits per heavy atom. The van der Waals surface area contributed by atoms with Crippen LogP contribution in [-0.4, -0.2) is 28.5 Å². The molecule has 38 heavy (non-hydrogen) atoms. The summed E-state index contributed by atoms with van der Waals surface area (Å²) >= 11 is 8.71. The van der Waals surface area contributed by atoms with Gasteiger partial charge in [0.15, 0.2) is 16.6 Å². The Labute approximate surface area is 232 Å². The third-order valence-corrected chi connectivity index (χ3v) is 6.40. The third-order valence-electron chi connectivity index (χ3n) is 5.62. The highest BCUT2D eigenvalue weighted by molar-refractivity contribution is 9.10. The standard InChI is InChI=1S/C27H22BrN3O6S/c1-3-36-24-14-18(6-11-23(24)37-15-17-4-8-20(9-5-17)31(34)35)13-21-25(32)29-27(38)30(26(21)33)22-10-7-19(28)12-16(22)2/h4-14H,3,15H2,1-2H3,(H,29,32,38)/b21-13+. The molecule has 0 aromatic heterocycles. The number of amides is 2. The second kappa shape index (κ2) is 11.5. The summed E-state index contributed by atoms with van der Waals surface area (Å²) in [5.74, 6) is -0.272. The number of nitro groups is 1. The van der Waals surface area contributed by atoms with Gasteiger partial charge in [0.2, 0.25) is 0 Å². The van der Waals surface area contributed by atoms with E-state index in [9.17, 15) is 19.7 Å². The van der Waals surface area contributed by atoms with E-state index in [0.717, 1.165) is 15.6 Å². The van der Waals surface area contributed by atoms with Gasteiger partial charge in [0, 0.05) is 16.6 Å². The Balaban J connectivity index is 1.59. The van der Waals surface area contributed by atoms with E-state index in [-0.39, 0.29) is 23.0 Å². The van der Waals surface area contributed by atoms with Gasteiger partial charge in [0.1, 0.15) is 12.2 Å². The quantitative estimate of drug-likeness (QED) is 0.121. The highest BCUT2D eigenvalue weighted by Crippen LogP contribution is 2.32. The minimum atomic E-state index is -0.595. The predicted molar refractivity (Wildman–Crippen MR) is 150 cm³/mol. The largest absolute Gasteiger partial charge is 0.490 e. The van der Waals surface area contributed by atoms with E-state index >= 15 is 0 Å². The maximum absolute atomic E-state index is 13.4. The van der Waals surface area contributed by atoms with Crippen LogP contribution in [0.2, 0.25) is 0 Å². The van der Waals surface area contributed by atoms with Gasteiger partial charge in [-0.15, -0.1) is 0 Å². The van der Waals surface area contributed by atoms with Crippen LogP contribution >= 0.6 is 28.1 Å². The summed E-state index contributed by atoms with van der Waals surface area (Å²) in [6.07, 6.45) is 1.48. The van der Waals surface area contributed by atoms with E-state index in [1.807, 2.05) is 19.9 Å². The Hall–Kier alpha value is -4.09. The van der Waals surface area contributed by atoms with Gasteiger partial charge < -0.3 is 9.47 Å². The zero-order valence-electron chi connectivity index (χ0n) is 20.4. The lowest BCUT2D eigenvalue weighted by molar-refractivity contribution is -0.384. The number of carbonyl (C=O) groups is 2. The molecule has 0 saturated carbocycles. The van der Waals surface area contributed by atoms with Crippen molar-refractivity contribution < 1.29 is 24.0 Å². The van der Waals surface area contributed by atoms with Gasteiger partial charge >= 0.3 is 0 Å². The van der Waals surface area contributed by atoms with Crippen molar-refractivity contribution in [3.05, 3.63) is 97.5 Å². The van der Waals surface area contributed by atoms with E-state index < -0.39 is 16.7 Å². The van der Waals surface area contributed by atoms with Crippen molar-refractivity contribution in [2.75, 3.05) is 11.5 Å². The average molecular weight is 596 g/mol. The minimum absolute atomic E-state index is 0.00272. The molecule has 1 N–H and O–H groups in total. The zero-order chi connectivity index (χ0) is 27.4.